The molecule has 2 aliphatic carbocycles. The Balaban J connectivity index is 2.28. The smallest absolute Gasteiger partial charge is 0.308 e. The largest absolute Gasteiger partial charge is 0.461 e. The third-order valence-electron chi connectivity index (χ3n) is 5.53. The first-order valence-corrected chi connectivity index (χ1v) is 8.95. The highest BCUT2D eigenvalue weighted by Gasteiger charge is 2.42. The van der Waals surface area contributed by atoms with Gasteiger partial charge in [0.2, 0.25) is 0 Å². The molecule has 124 valence electrons. The van der Waals surface area contributed by atoms with Crippen LogP contribution in [-0.2, 0) is 9.53 Å². The van der Waals surface area contributed by atoms with E-state index >= 15 is 0 Å². The van der Waals surface area contributed by atoms with Gasteiger partial charge in [0.15, 0.2) is 0 Å². The second-order valence-electron chi connectivity index (χ2n) is 7.73. The summed E-state index contributed by atoms with van der Waals surface area (Å²) in [5, 5.41) is 0. The van der Waals surface area contributed by atoms with Crippen LogP contribution in [0.5, 0.6) is 0 Å². The van der Waals surface area contributed by atoms with E-state index in [1.54, 1.807) is 0 Å². The van der Waals surface area contributed by atoms with Crippen LogP contribution < -0.4 is 0 Å². The van der Waals surface area contributed by atoms with Gasteiger partial charge in [0.25, 0.3) is 0 Å². The molecule has 0 aromatic carbocycles. The predicted molar refractivity (Wildman–Crippen MR) is 91.3 cm³/mol. The molecule has 22 heavy (non-hydrogen) atoms. The molecule has 0 fully saturated rings. The van der Waals surface area contributed by atoms with Crippen LogP contribution in [0.1, 0.15) is 54.4 Å². The quantitative estimate of drug-likeness (QED) is 0.683. The minimum absolute atomic E-state index is 0.00119. The molecule has 0 radical (unpaired) electrons. The van der Waals surface area contributed by atoms with Gasteiger partial charge >= 0.3 is 5.97 Å². The molecule has 2 rings (SSSR count). The van der Waals surface area contributed by atoms with E-state index in [0.29, 0.717) is 29.6 Å². The van der Waals surface area contributed by atoms with Gasteiger partial charge in [-0.3, -0.25) is 4.79 Å². The summed E-state index contributed by atoms with van der Waals surface area (Å²) in [6.07, 6.45) is 8.83. The molecule has 6 atom stereocenters. The Morgan fingerprint density at radius 1 is 1.32 bits per heavy atom. The number of hydrogen-bond acceptors (Lipinski definition) is 2. The van der Waals surface area contributed by atoms with Crippen LogP contribution in [0.15, 0.2) is 23.8 Å². The molecular weight excluding hydrogens is 272 g/mol. The zero-order valence-corrected chi connectivity index (χ0v) is 15.0. The van der Waals surface area contributed by atoms with Gasteiger partial charge in [0, 0.05) is 5.92 Å². The zero-order chi connectivity index (χ0) is 16.4. The van der Waals surface area contributed by atoms with Crippen LogP contribution in [0.25, 0.3) is 0 Å². The fourth-order valence-electron chi connectivity index (χ4n) is 4.17. The molecule has 0 saturated carbocycles. The molecule has 0 saturated heterocycles. The fraction of sp³-hybridized carbons (Fsp3) is 0.750. The summed E-state index contributed by atoms with van der Waals surface area (Å²) in [6.45, 7) is 13.1. The third kappa shape index (κ3) is 3.47. The van der Waals surface area contributed by atoms with Crippen molar-refractivity contribution >= 4 is 5.97 Å². The molecule has 0 amide bonds. The lowest BCUT2D eigenvalue weighted by Crippen LogP contribution is -2.43. The third-order valence-corrected chi connectivity index (χ3v) is 5.53. The normalized spacial score (nSPS) is 35.8. The first-order valence-electron chi connectivity index (χ1n) is 8.95. The van der Waals surface area contributed by atoms with Crippen molar-refractivity contribution in [3.05, 3.63) is 23.8 Å². The van der Waals surface area contributed by atoms with Crippen molar-refractivity contribution < 1.29 is 9.53 Å². The SMILES string of the molecule is CC[C@H](C)C(=O)OC1C[C@@H](C)C=C2C=C[C@@H](C)[C@H](C(C)C)C21. The number of carbonyl (C=O) groups is 1. The minimum Gasteiger partial charge on any atom is -0.461 e. The van der Waals surface area contributed by atoms with Gasteiger partial charge in [-0.2, -0.15) is 0 Å². The first-order chi connectivity index (χ1) is 10.3. The van der Waals surface area contributed by atoms with Gasteiger partial charge in [0.05, 0.1) is 5.92 Å². The molecule has 0 heterocycles. The number of esters is 1. The maximum absolute atomic E-state index is 12.3. The number of rotatable bonds is 4. The Bertz CT molecular complexity index is 460. The number of ether oxygens (including phenoxy) is 1. The molecule has 2 aliphatic rings. The maximum atomic E-state index is 12.3. The van der Waals surface area contributed by atoms with E-state index < -0.39 is 0 Å². The highest BCUT2D eigenvalue weighted by atomic mass is 16.5. The van der Waals surface area contributed by atoms with Gasteiger partial charge < -0.3 is 4.74 Å². The van der Waals surface area contributed by atoms with Gasteiger partial charge in [-0.05, 0) is 42.1 Å². The molecular formula is C20H32O2. The zero-order valence-electron chi connectivity index (χ0n) is 15.0. The monoisotopic (exact) mass is 304 g/mol. The highest BCUT2D eigenvalue weighted by Crippen LogP contribution is 2.45. The standard InChI is InChI=1S/C20H32O2/c1-7-14(5)20(21)22-17-11-13(4)10-16-9-8-15(6)18(12(2)3)19(16)17/h8-10,12-15,17-19H,7,11H2,1-6H3/t13-,14-,15+,17?,18-,19?/m0/s1. The van der Waals surface area contributed by atoms with Crippen molar-refractivity contribution in [2.24, 2.45) is 35.5 Å². The van der Waals surface area contributed by atoms with Gasteiger partial charge in [-0.15, -0.1) is 0 Å². The average Bonchev–Trinajstić information content (AvgIpc) is 2.46. The minimum atomic E-state index is -0.0225. The van der Waals surface area contributed by atoms with E-state index in [-0.39, 0.29) is 18.0 Å². The number of hydrogen-bond donors (Lipinski definition) is 0. The Labute approximate surface area is 136 Å². The molecule has 0 aromatic heterocycles. The lowest BCUT2D eigenvalue weighted by atomic mass is 9.63. The molecule has 2 heteroatoms. The topological polar surface area (TPSA) is 26.3 Å². The van der Waals surface area contributed by atoms with Crippen LogP contribution >= 0.6 is 0 Å². The lowest BCUT2D eigenvalue weighted by Gasteiger charge is -2.44. The van der Waals surface area contributed by atoms with Crippen molar-refractivity contribution in [3.63, 3.8) is 0 Å². The van der Waals surface area contributed by atoms with Crippen molar-refractivity contribution in [1.29, 1.82) is 0 Å². The second-order valence-corrected chi connectivity index (χ2v) is 7.73. The van der Waals surface area contributed by atoms with Crippen molar-refractivity contribution in [2.45, 2.75) is 60.5 Å². The van der Waals surface area contributed by atoms with Gasteiger partial charge in [-0.1, -0.05) is 59.8 Å². The first kappa shape index (κ1) is 17.3. The summed E-state index contributed by atoms with van der Waals surface area (Å²) in [5.74, 6) is 2.51. The van der Waals surface area contributed by atoms with E-state index in [1.165, 1.54) is 5.57 Å². The number of allylic oxidation sites excluding steroid dienone is 3. The van der Waals surface area contributed by atoms with E-state index in [0.717, 1.165) is 12.8 Å². The average molecular weight is 304 g/mol. The molecule has 0 N–H and O–H groups in total. The Hall–Kier alpha value is -1.05. The molecule has 0 aromatic rings. The van der Waals surface area contributed by atoms with Crippen molar-refractivity contribution in [3.8, 4) is 0 Å². The van der Waals surface area contributed by atoms with Crippen LogP contribution in [0.3, 0.4) is 0 Å². The molecule has 0 aliphatic heterocycles. The highest BCUT2D eigenvalue weighted by molar-refractivity contribution is 5.72. The summed E-state index contributed by atoms with van der Waals surface area (Å²) in [4.78, 5) is 12.3. The summed E-state index contributed by atoms with van der Waals surface area (Å²) in [6, 6.07) is 0. The molecule has 2 nitrogen and oxygen atoms in total. The lowest BCUT2D eigenvalue weighted by molar-refractivity contribution is -0.158. The Kier molecular flexibility index (Phi) is 5.52. The van der Waals surface area contributed by atoms with Crippen LogP contribution in [0, 0.1) is 35.5 Å². The number of fused-ring (bicyclic) bond motifs is 1. The van der Waals surface area contributed by atoms with Crippen molar-refractivity contribution in [1.82, 2.24) is 0 Å². The van der Waals surface area contributed by atoms with Crippen LogP contribution in [0.2, 0.25) is 0 Å². The van der Waals surface area contributed by atoms with E-state index in [4.69, 9.17) is 4.74 Å². The molecule has 2 unspecified atom stereocenters. The predicted octanol–water partition coefficient (Wildman–Crippen LogP) is 5.00. The summed E-state index contributed by atoms with van der Waals surface area (Å²) in [5.41, 5.74) is 1.39. The second kappa shape index (κ2) is 7.02. The van der Waals surface area contributed by atoms with Crippen LogP contribution in [-0.4, -0.2) is 12.1 Å². The fourth-order valence-corrected chi connectivity index (χ4v) is 4.17. The molecule has 0 bridgehead atoms. The van der Waals surface area contributed by atoms with E-state index in [1.807, 2.05) is 13.8 Å². The summed E-state index contributed by atoms with van der Waals surface area (Å²) in [7, 11) is 0. The van der Waals surface area contributed by atoms with Gasteiger partial charge in [-0.25, -0.2) is 0 Å². The van der Waals surface area contributed by atoms with Crippen molar-refractivity contribution in [2.75, 3.05) is 0 Å². The van der Waals surface area contributed by atoms with E-state index in [9.17, 15) is 4.79 Å². The Morgan fingerprint density at radius 3 is 2.59 bits per heavy atom. The van der Waals surface area contributed by atoms with E-state index in [2.05, 4.69) is 45.9 Å². The summed E-state index contributed by atoms with van der Waals surface area (Å²) < 4.78 is 6.00. The van der Waals surface area contributed by atoms with Crippen LogP contribution in [0.4, 0.5) is 0 Å². The molecule has 0 spiro atoms. The van der Waals surface area contributed by atoms with Gasteiger partial charge in [0.1, 0.15) is 6.10 Å². The maximum Gasteiger partial charge on any atom is 0.308 e. The Morgan fingerprint density at radius 2 is 2.00 bits per heavy atom. The number of carbonyl (C=O) groups excluding carboxylic acids is 1. The summed E-state index contributed by atoms with van der Waals surface area (Å²) >= 11 is 0.